The van der Waals surface area contributed by atoms with Gasteiger partial charge < -0.3 is 19.5 Å². The molecule has 1 aliphatic heterocycles. The summed E-state index contributed by atoms with van der Waals surface area (Å²) in [5.41, 5.74) is -0.295. The smallest absolute Gasteiger partial charge is 0.332 e. The number of amides is 1. The maximum absolute atomic E-state index is 14.4. The zero-order valence-electron chi connectivity index (χ0n) is 21.5. The third kappa shape index (κ3) is 4.86. The Morgan fingerprint density at radius 3 is 2.62 bits per heavy atom. The van der Waals surface area contributed by atoms with Crippen molar-refractivity contribution in [2.75, 3.05) is 34.0 Å². The van der Waals surface area contributed by atoms with Gasteiger partial charge in [0.1, 0.15) is 33.5 Å². The van der Waals surface area contributed by atoms with E-state index in [0.717, 1.165) is 4.57 Å². The summed E-state index contributed by atoms with van der Waals surface area (Å²) >= 11 is 1.17. The van der Waals surface area contributed by atoms with Gasteiger partial charge in [-0.1, -0.05) is 11.3 Å². The number of hydrogen-bond acceptors (Lipinski definition) is 9. The van der Waals surface area contributed by atoms with E-state index in [4.69, 9.17) is 14.2 Å². The topological polar surface area (TPSA) is 132 Å². The second kappa shape index (κ2) is 11.1. The molecule has 0 spiro atoms. The van der Waals surface area contributed by atoms with Crippen LogP contribution in [0.15, 0.2) is 40.2 Å². The predicted octanol–water partition coefficient (Wildman–Crippen LogP) is 1.73. The number of rotatable bonds is 10. The van der Waals surface area contributed by atoms with Crippen LogP contribution in [-0.4, -0.2) is 64.0 Å². The SMILES string of the molecule is COCCOC(Cn1c(=O)n(C2CCNC2=O)c(=O)c2c(C)c(-n3nccn3)sc21)c1cc(F)ccc1OC. The number of fused-ring (bicyclic) bond motifs is 1. The van der Waals surface area contributed by atoms with Crippen LogP contribution in [-0.2, 0) is 20.8 Å². The quantitative estimate of drug-likeness (QED) is 0.291. The van der Waals surface area contributed by atoms with Crippen molar-refractivity contribution in [3.8, 4) is 10.8 Å². The van der Waals surface area contributed by atoms with E-state index in [2.05, 4.69) is 15.5 Å². The molecule has 2 unspecified atom stereocenters. The average Bonchev–Trinajstić information content (AvgIpc) is 3.67. The predicted molar refractivity (Wildman–Crippen MR) is 140 cm³/mol. The molecule has 12 nitrogen and oxygen atoms in total. The van der Waals surface area contributed by atoms with E-state index in [9.17, 15) is 18.8 Å². The second-order valence-corrected chi connectivity index (χ2v) is 9.91. The van der Waals surface area contributed by atoms with E-state index in [1.54, 1.807) is 6.92 Å². The Balaban J connectivity index is 1.74. The molecule has 14 heteroatoms. The standard InChI is InChI=1S/C25H27FN6O6S/c1-14-20-22(34)31(17-6-7-27-21(17)33)25(35)30(24(20)39-23(14)32-28-8-9-29-32)13-19(38-11-10-36-2)16-12-15(26)4-5-18(16)37-3/h4-5,8-9,12,17,19H,6-7,10-11,13H2,1-3H3,(H,27,33). The Hall–Kier alpha value is -3.88. The van der Waals surface area contributed by atoms with Crippen molar-refractivity contribution in [2.45, 2.75) is 32.0 Å². The normalized spacial score (nSPS) is 16.1. The third-order valence-corrected chi connectivity index (χ3v) is 7.92. The summed E-state index contributed by atoms with van der Waals surface area (Å²) in [6.07, 6.45) is 2.45. The number of carbonyl (C=O) groups is 1. The Bertz CT molecular complexity index is 1630. The van der Waals surface area contributed by atoms with Gasteiger partial charge >= 0.3 is 5.69 Å². The van der Waals surface area contributed by atoms with Crippen LogP contribution in [0.5, 0.6) is 5.75 Å². The van der Waals surface area contributed by atoms with Crippen molar-refractivity contribution in [1.29, 1.82) is 0 Å². The van der Waals surface area contributed by atoms with Gasteiger partial charge in [-0.25, -0.2) is 13.8 Å². The van der Waals surface area contributed by atoms with Crippen LogP contribution in [0.25, 0.3) is 15.2 Å². The zero-order chi connectivity index (χ0) is 27.7. The number of aryl methyl sites for hydroxylation is 1. The van der Waals surface area contributed by atoms with Crippen molar-refractivity contribution in [1.82, 2.24) is 29.4 Å². The van der Waals surface area contributed by atoms with Gasteiger partial charge in [-0.3, -0.25) is 14.2 Å². The molecule has 3 aromatic heterocycles. The minimum absolute atomic E-state index is 0.0978. The van der Waals surface area contributed by atoms with Crippen LogP contribution in [0.2, 0.25) is 0 Å². The number of carbonyl (C=O) groups excluding carboxylic acids is 1. The van der Waals surface area contributed by atoms with Gasteiger partial charge in [0.25, 0.3) is 5.56 Å². The largest absolute Gasteiger partial charge is 0.496 e. The highest BCUT2D eigenvalue weighted by molar-refractivity contribution is 7.21. The fraction of sp³-hybridized carbons (Fsp3) is 0.400. The first kappa shape index (κ1) is 26.7. The first-order chi connectivity index (χ1) is 18.8. The summed E-state index contributed by atoms with van der Waals surface area (Å²) in [5, 5.41) is 11.9. The van der Waals surface area contributed by atoms with Crippen molar-refractivity contribution >= 4 is 27.5 Å². The van der Waals surface area contributed by atoms with Crippen molar-refractivity contribution in [3.05, 3.63) is 68.4 Å². The average molecular weight is 559 g/mol. The van der Waals surface area contributed by atoms with Crippen LogP contribution >= 0.6 is 11.3 Å². The summed E-state index contributed by atoms with van der Waals surface area (Å²) in [6.45, 7) is 2.40. The van der Waals surface area contributed by atoms with Gasteiger partial charge in [-0.2, -0.15) is 10.2 Å². The summed E-state index contributed by atoms with van der Waals surface area (Å²) in [6, 6.07) is 3.08. The zero-order valence-corrected chi connectivity index (χ0v) is 22.4. The molecular formula is C25H27FN6O6S. The van der Waals surface area contributed by atoms with Crippen LogP contribution < -0.4 is 21.3 Å². The molecule has 1 N–H and O–H groups in total. The summed E-state index contributed by atoms with van der Waals surface area (Å²) in [7, 11) is 2.98. The monoisotopic (exact) mass is 558 g/mol. The summed E-state index contributed by atoms with van der Waals surface area (Å²) in [4.78, 5) is 42.1. The van der Waals surface area contributed by atoms with E-state index in [0.29, 0.717) is 39.7 Å². The van der Waals surface area contributed by atoms with Crippen LogP contribution in [0.3, 0.4) is 0 Å². The number of aromatic nitrogens is 5. The van der Waals surface area contributed by atoms with E-state index in [1.165, 1.54) is 65.5 Å². The lowest BCUT2D eigenvalue weighted by atomic mass is 10.1. The molecular weight excluding hydrogens is 531 g/mol. The highest BCUT2D eigenvalue weighted by atomic mass is 32.1. The Morgan fingerprint density at radius 1 is 1.18 bits per heavy atom. The molecule has 1 amide bonds. The number of ether oxygens (including phenoxy) is 3. The third-order valence-electron chi connectivity index (χ3n) is 6.64. The summed E-state index contributed by atoms with van der Waals surface area (Å²) in [5.74, 6) is -0.535. The van der Waals surface area contributed by atoms with Crippen molar-refractivity contribution in [2.24, 2.45) is 0 Å². The molecule has 39 heavy (non-hydrogen) atoms. The fourth-order valence-corrected chi connectivity index (χ4v) is 5.98. The van der Waals surface area contributed by atoms with E-state index < -0.39 is 35.1 Å². The highest BCUT2D eigenvalue weighted by Gasteiger charge is 2.33. The highest BCUT2D eigenvalue weighted by Crippen LogP contribution is 2.34. The molecule has 1 saturated heterocycles. The van der Waals surface area contributed by atoms with Crippen LogP contribution in [0.4, 0.5) is 4.39 Å². The van der Waals surface area contributed by atoms with Gasteiger partial charge in [0.15, 0.2) is 0 Å². The molecule has 2 atom stereocenters. The molecule has 0 bridgehead atoms. The van der Waals surface area contributed by atoms with Crippen molar-refractivity contribution in [3.63, 3.8) is 0 Å². The van der Waals surface area contributed by atoms with Gasteiger partial charge in [0, 0.05) is 24.8 Å². The van der Waals surface area contributed by atoms with Crippen LogP contribution in [0.1, 0.15) is 29.7 Å². The lowest BCUT2D eigenvalue weighted by Crippen LogP contribution is -2.44. The number of methoxy groups -OCH3 is 2. The molecule has 0 radical (unpaired) electrons. The Labute approximate surface area is 225 Å². The Kier molecular flexibility index (Phi) is 7.59. The molecule has 4 heterocycles. The molecule has 1 fully saturated rings. The Morgan fingerprint density at radius 2 is 1.95 bits per heavy atom. The molecule has 1 aliphatic rings. The first-order valence-corrected chi connectivity index (χ1v) is 13.0. The number of hydrogen-bond donors (Lipinski definition) is 1. The van der Waals surface area contributed by atoms with Gasteiger partial charge in [0.2, 0.25) is 5.91 Å². The van der Waals surface area contributed by atoms with E-state index in [1.807, 2.05) is 0 Å². The molecule has 4 aromatic rings. The molecule has 206 valence electrons. The maximum Gasteiger partial charge on any atom is 0.332 e. The maximum atomic E-state index is 14.4. The fourth-order valence-electron chi connectivity index (χ4n) is 4.76. The van der Waals surface area contributed by atoms with Crippen LogP contribution in [0, 0.1) is 12.7 Å². The second-order valence-electron chi connectivity index (χ2n) is 8.93. The van der Waals surface area contributed by atoms with Gasteiger partial charge in [0.05, 0.1) is 44.6 Å². The number of nitrogens with one attached hydrogen (secondary N) is 1. The van der Waals surface area contributed by atoms with E-state index in [-0.39, 0.29) is 25.1 Å². The molecule has 5 rings (SSSR count). The number of nitrogens with zero attached hydrogens (tertiary/aromatic N) is 5. The minimum atomic E-state index is -0.956. The number of halogens is 1. The van der Waals surface area contributed by atoms with E-state index >= 15 is 0 Å². The lowest BCUT2D eigenvalue weighted by Gasteiger charge is -2.23. The molecule has 1 aromatic carbocycles. The molecule has 0 saturated carbocycles. The first-order valence-electron chi connectivity index (χ1n) is 12.2. The summed E-state index contributed by atoms with van der Waals surface area (Å²) < 4.78 is 33.4. The molecule has 0 aliphatic carbocycles. The number of thiophene rings is 1. The number of benzene rings is 1. The van der Waals surface area contributed by atoms with Gasteiger partial charge in [-0.15, -0.1) is 4.80 Å². The van der Waals surface area contributed by atoms with Crippen molar-refractivity contribution < 1.29 is 23.4 Å². The minimum Gasteiger partial charge on any atom is -0.496 e. The van der Waals surface area contributed by atoms with Gasteiger partial charge in [-0.05, 0) is 31.5 Å². The lowest BCUT2D eigenvalue weighted by molar-refractivity contribution is -0.122.